The minimum atomic E-state index is -4.25. The van der Waals surface area contributed by atoms with Crippen LogP contribution in [-0.2, 0) is 4.74 Å². The number of nitrogens with zero attached hydrogens (tertiary/aromatic N) is 2. The highest BCUT2D eigenvalue weighted by atomic mass is 19.4. The molecule has 1 fully saturated rings. The molecule has 0 radical (unpaired) electrons. The average Bonchev–Trinajstić information content (AvgIpc) is 2.79. The minimum Gasteiger partial charge on any atom is -0.462 e. The first-order chi connectivity index (χ1) is 11.3. The van der Waals surface area contributed by atoms with Crippen LogP contribution in [0.15, 0.2) is 18.2 Å². The zero-order chi connectivity index (χ0) is 17.5. The predicted octanol–water partition coefficient (Wildman–Crippen LogP) is 3.03. The molecule has 2 aliphatic heterocycles. The van der Waals surface area contributed by atoms with Gasteiger partial charge in [-0.3, -0.25) is 0 Å². The van der Waals surface area contributed by atoms with Crippen molar-refractivity contribution >= 4 is 11.7 Å². The van der Waals surface area contributed by atoms with E-state index in [1.54, 1.807) is 25.1 Å². The van der Waals surface area contributed by atoms with Crippen LogP contribution in [0.4, 0.5) is 18.9 Å². The van der Waals surface area contributed by atoms with Gasteiger partial charge in [0.1, 0.15) is 6.54 Å². The fourth-order valence-electron chi connectivity index (χ4n) is 3.81. The van der Waals surface area contributed by atoms with E-state index < -0.39 is 18.7 Å². The number of alkyl halides is 3. The molecule has 0 N–H and O–H groups in total. The molecule has 0 aliphatic carbocycles. The summed E-state index contributed by atoms with van der Waals surface area (Å²) in [6.45, 7) is 2.50. The van der Waals surface area contributed by atoms with Crippen molar-refractivity contribution in [2.75, 3.05) is 38.2 Å². The third-order valence-electron chi connectivity index (χ3n) is 4.78. The highest BCUT2D eigenvalue weighted by Crippen LogP contribution is 2.45. The molecule has 132 valence electrons. The van der Waals surface area contributed by atoms with E-state index in [0.717, 1.165) is 12.1 Å². The molecule has 2 heterocycles. The van der Waals surface area contributed by atoms with E-state index in [4.69, 9.17) is 4.74 Å². The smallest absolute Gasteiger partial charge is 0.405 e. The van der Waals surface area contributed by atoms with Gasteiger partial charge < -0.3 is 14.5 Å². The van der Waals surface area contributed by atoms with Gasteiger partial charge in [0.25, 0.3) is 0 Å². The maximum atomic E-state index is 13.0. The summed E-state index contributed by atoms with van der Waals surface area (Å²) in [7, 11) is 1.97. The van der Waals surface area contributed by atoms with Gasteiger partial charge in [-0.15, -0.1) is 0 Å². The van der Waals surface area contributed by atoms with Crippen molar-refractivity contribution in [1.82, 2.24) is 4.90 Å². The van der Waals surface area contributed by atoms with Crippen molar-refractivity contribution in [3.63, 3.8) is 0 Å². The van der Waals surface area contributed by atoms with Crippen LogP contribution in [0.3, 0.4) is 0 Å². The first kappa shape index (κ1) is 17.1. The number of esters is 1. The standard InChI is InChI=1S/C17H21F3N2O2/c1-3-24-16(23)11-4-5-14-12(8-11)13-9-21(2)7-6-15(13)22(14)10-17(18,19)20/h4-5,8,13,15H,3,6-7,9-10H2,1-2H3/t13-,15-/m0/s1. The third-order valence-corrected chi connectivity index (χ3v) is 4.78. The Morgan fingerprint density at radius 1 is 1.38 bits per heavy atom. The Kier molecular flexibility index (Phi) is 4.46. The number of hydrogen-bond donors (Lipinski definition) is 0. The lowest BCUT2D eigenvalue weighted by molar-refractivity contribution is -0.120. The molecule has 0 saturated carbocycles. The molecule has 0 bridgehead atoms. The average molecular weight is 342 g/mol. The maximum absolute atomic E-state index is 13.0. The van der Waals surface area contributed by atoms with Crippen molar-refractivity contribution in [2.45, 2.75) is 31.5 Å². The van der Waals surface area contributed by atoms with Crippen molar-refractivity contribution in [3.8, 4) is 0 Å². The first-order valence-corrected chi connectivity index (χ1v) is 8.13. The summed E-state index contributed by atoms with van der Waals surface area (Å²) in [5.74, 6) is -0.453. The molecule has 3 rings (SSSR count). The predicted molar refractivity (Wildman–Crippen MR) is 84.4 cm³/mol. The molecule has 1 saturated heterocycles. The molecule has 0 amide bonds. The van der Waals surface area contributed by atoms with Crippen molar-refractivity contribution in [1.29, 1.82) is 0 Å². The van der Waals surface area contributed by atoms with E-state index in [0.29, 0.717) is 24.2 Å². The zero-order valence-electron chi connectivity index (χ0n) is 13.8. The number of piperidine rings is 1. The summed E-state index contributed by atoms with van der Waals surface area (Å²) in [4.78, 5) is 15.5. The fourth-order valence-corrected chi connectivity index (χ4v) is 3.81. The Hall–Kier alpha value is -1.76. The lowest BCUT2D eigenvalue weighted by atomic mass is 9.88. The number of carbonyl (C=O) groups excluding carboxylic acids is 1. The molecule has 0 unspecified atom stereocenters. The van der Waals surface area contributed by atoms with E-state index in [-0.39, 0.29) is 18.6 Å². The van der Waals surface area contributed by atoms with Crippen LogP contribution < -0.4 is 4.90 Å². The Morgan fingerprint density at radius 3 is 2.79 bits per heavy atom. The second kappa shape index (κ2) is 6.27. The summed E-state index contributed by atoms with van der Waals surface area (Å²) in [6.07, 6.45) is -3.57. The molecule has 24 heavy (non-hydrogen) atoms. The van der Waals surface area contributed by atoms with Crippen LogP contribution in [0.25, 0.3) is 0 Å². The van der Waals surface area contributed by atoms with Crippen LogP contribution in [0.5, 0.6) is 0 Å². The lowest BCUT2D eigenvalue weighted by Gasteiger charge is -2.37. The number of likely N-dealkylation sites (N-methyl/N-ethyl adjacent to an activating group) is 1. The Bertz CT molecular complexity index is 633. The minimum absolute atomic E-state index is 0.0181. The monoisotopic (exact) mass is 342 g/mol. The van der Waals surface area contributed by atoms with Gasteiger partial charge in [0.15, 0.2) is 0 Å². The number of carbonyl (C=O) groups is 1. The number of ether oxygens (including phenoxy) is 1. The van der Waals surface area contributed by atoms with Gasteiger partial charge in [0.05, 0.1) is 12.2 Å². The summed E-state index contributed by atoms with van der Waals surface area (Å²) >= 11 is 0. The van der Waals surface area contributed by atoms with Crippen LogP contribution in [0, 0.1) is 0 Å². The largest absolute Gasteiger partial charge is 0.462 e. The molecule has 0 aromatic heterocycles. The number of hydrogen-bond acceptors (Lipinski definition) is 4. The second-order valence-electron chi connectivity index (χ2n) is 6.46. The van der Waals surface area contributed by atoms with Gasteiger partial charge in [-0.05, 0) is 50.7 Å². The molecule has 1 aromatic carbocycles. The normalized spacial score (nSPS) is 23.8. The second-order valence-corrected chi connectivity index (χ2v) is 6.46. The molecule has 0 spiro atoms. The van der Waals surface area contributed by atoms with E-state index in [1.165, 1.54) is 4.90 Å². The quantitative estimate of drug-likeness (QED) is 0.791. The molecule has 7 heteroatoms. The van der Waals surface area contributed by atoms with Gasteiger partial charge in [-0.1, -0.05) is 0 Å². The van der Waals surface area contributed by atoms with E-state index in [9.17, 15) is 18.0 Å². The summed E-state index contributed by atoms with van der Waals surface area (Å²) in [6, 6.07) is 4.73. The van der Waals surface area contributed by atoms with Crippen LogP contribution in [-0.4, -0.2) is 56.4 Å². The van der Waals surface area contributed by atoms with Crippen molar-refractivity contribution < 1.29 is 22.7 Å². The third kappa shape index (κ3) is 3.22. The topological polar surface area (TPSA) is 32.8 Å². The van der Waals surface area contributed by atoms with E-state index >= 15 is 0 Å². The first-order valence-electron chi connectivity index (χ1n) is 8.13. The maximum Gasteiger partial charge on any atom is 0.405 e. The van der Waals surface area contributed by atoms with Crippen LogP contribution in [0.1, 0.15) is 35.2 Å². The number of likely N-dealkylation sites (tertiary alicyclic amines) is 1. The highest BCUT2D eigenvalue weighted by Gasteiger charge is 2.45. The Balaban J connectivity index is 1.98. The van der Waals surface area contributed by atoms with Gasteiger partial charge >= 0.3 is 12.1 Å². The number of rotatable bonds is 3. The highest BCUT2D eigenvalue weighted by molar-refractivity contribution is 5.90. The fraction of sp³-hybridized carbons (Fsp3) is 0.588. The number of benzene rings is 1. The molecular formula is C17H21F3N2O2. The van der Waals surface area contributed by atoms with Gasteiger partial charge in [0, 0.05) is 24.2 Å². The van der Waals surface area contributed by atoms with Crippen molar-refractivity contribution in [3.05, 3.63) is 29.3 Å². The van der Waals surface area contributed by atoms with Crippen LogP contribution in [0.2, 0.25) is 0 Å². The molecule has 2 atom stereocenters. The zero-order valence-corrected chi connectivity index (χ0v) is 13.8. The Morgan fingerprint density at radius 2 is 2.12 bits per heavy atom. The lowest BCUT2D eigenvalue weighted by Crippen LogP contribution is -2.47. The van der Waals surface area contributed by atoms with Gasteiger partial charge in [-0.2, -0.15) is 13.2 Å². The SMILES string of the molecule is CCOC(=O)c1ccc2c(c1)[C@@H]1CN(C)CC[C@@H]1N2CC(F)(F)F. The number of halogens is 3. The molecule has 4 nitrogen and oxygen atoms in total. The van der Waals surface area contributed by atoms with Crippen molar-refractivity contribution in [2.24, 2.45) is 0 Å². The number of fused-ring (bicyclic) bond motifs is 3. The summed E-state index contributed by atoms with van der Waals surface area (Å²) < 4.78 is 44.1. The summed E-state index contributed by atoms with van der Waals surface area (Å²) in [5.41, 5.74) is 1.81. The van der Waals surface area contributed by atoms with Gasteiger partial charge in [-0.25, -0.2) is 4.79 Å². The Labute approximate surface area is 139 Å². The summed E-state index contributed by atoms with van der Waals surface area (Å²) in [5, 5.41) is 0. The molecule has 1 aromatic rings. The van der Waals surface area contributed by atoms with E-state index in [1.807, 2.05) is 7.05 Å². The molecule has 2 aliphatic rings. The van der Waals surface area contributed by atoms with E-state index in [2.05, 4.69) is 4.90 Å². The van der Waals surface area contributed by atoms with Gasteiger partial charge in [0.2, 0.25) is 0 Å². The number of anilines is 1. The molecular weight excluding hydrogens is 321 g/mol. The van der Waals surface area contributed by atoms with Crippen LogP contribution >= 0.6 is 0 Å².